The van der Waals surface area contributed by atoms with Gasteiger partial charge in [-0.25, -0.2) is 0 Å². The Morgan fingerprint density at radius 1 is 1.43 bits per heavy atom. The van der Waals surface area contributed by atoms with E-state index in [1.54, 1.807) is 0 Å². The standard InChI is InChI=1S/C12H14BrN/c1-9(2)12(3,8-14)10-5-4-6-11(13)7-10/h4-7,9H,1-3H3. The first-order chi connectivity index (χ1) is 6.50. The summed E-state index contributed by atoms with van der Waals surface area (Å²) in [6, 6.07) is 10.4. The number of rotatable bonds is 2. The van der Waals surface area contributed by atoms with Gasteiger partial charge >= 0.3 is 0 Å². The molecule has 1 rings (SSSR count). The van der Waals surface area contributed by atoms with E-state index in [-0.39, 0.29) is 0 Å². The van der Waals surface area contributed by atoms with Crippen LogP contribution in [-0.2, 0) is 5.41 Å². The second-order valence-corrected chi connectivity index (χ2v) is 4.89. The Morgan fingerprint density at radius 3 is 2.50 bits per heavy atom. The van der Waals surface area contributed by atoms with Gasteiger partial charge in [0.15, 0.2) is 0 Å². The fraction of sp³-hybridized carbons (Fsp3) is 0.417. The van der Waals surface area contributed by atoms with Gasteiger partial charge in [0, 0.05) is 4.47 Å². The van der Waals surface area contributed by atoms with E-state index >= 15 is 0 Å². The van der Waals surface area contributed by atoms with Gasteiger partial charge in [-0.3, -0.25) is 0 Å². The van der Waals surface area contributed by atoms with Gasteiger partial charge in [0.2, 0.25) is 0 Å². The molecule has 0 heterocycles. The number of nitriles is 1. The van der Waals surface area contributed by atoms with E-state index in [2.05, 4.69) is 35.8 Å². The van der Waals surface area contributed by atoms with Crippen molar-refractivity contribution >= 4 is 15.9 Å². The molecule has 0 aliphatic rings. The van der Waals surface area contributed by atoms with Crippen LogP contribution in [0.5, 0.6) is 0 Å². The molecule has 1 unspecified atom stereocenters. The molecule has 0 bridgehead atoms. The minimum Gasteiger partial charge on any atom is -0.197 e. The Balaban J connectivity index is 3.21. The molecule has 0 aromatic heterocycles. The summed E-state index contributed by atoms with van der Waals surface area (Å²) < 4.78 is 1.03. The molecule has 1 atom stereocenters. The van der Waals surface area contributed by atoms with Crippen molar-refractivity contribution in [2.75, 3.05) is 0 Å². The summed E-state index contributed by atoms with van der Waals surface area (Å²) in [7, 11) is 0. The van der Waals surface area contributed by atoms with Crippen molar-refractivity contribution in [3.63, 3.8) is 0 Å². The molecular weight excluding hydrogens is 238 g/mol. The normalized spacial score (nSPS) is 14.9. The molecule has 0 amide bonds. The zero-order valence-electron chi connectivity index (χ0n) is 8.71. The third-order valence-corrected chi connectivity index (χ3v) is 3.30. The summed E-state index contributed by atoms with van der Waals surface area (Å²) in [4.78, 5) is 0. The minimum absolute atomic E-state index is 0.307. The van der Waals surface area contributed by atoms with Crippen molar-refractivity contribution in [1.82, 2.24) is 0 Å². The van der Waals surface area contributed by atoms with Crippen molar-refractivity contribution in [2.45, 2.75) is 26.2 Å². The highest BCUT2D eigenvalue weighted by atomic mass is 79.9. The van der Waals surface area contributed by atoms with Crippen molar-refractivity contribution in [3.8, 4) is 6.07 Å². The van der Waals surface area contributed by atoms with Gasteiger partial charge in [0.05, 0.1) is 11.5 Å². The number of benzene rings is 1. The van der Waals surface area contributed by atoms with Crippen LogP contribution >= 0.6 is 15.9 Å². The van der Waals surface area contributed by atoms with Gasteiger partial charge in [-0.05, 0) is 30.5 Å². The molecule has 1 aromatic carbocycles. The number of halogens is 1. The smallest absolute Gasteiger partial charge is 0.0817 e. The second-order valence-electron chi connectivity index (χ2n) is 3.98. The Morgan fingerprint density at radius 2 is 2.07 bits per heavy atom. The first-order valence-electron chi connectivity index (χ1n) is 4.68. The quantitative estimate of drug-likeness (QED) is 0.783. The SMILES string of the molecule is CC(C)C(C)(C#N)c1cccc(Br)c1. The molecule has 0 aliphatic heterocycles. The molecule has 1 nitrogen and oxygen atoms in total. The Kier molecular flexibility index (Phi) is 3.34. The minimum atomic E-state index is -0.399. The van der Waals surface area contributed by atoms with Gasteiger partial charge in [0.1, 0.15) is 0 Å². The number of hydrogen-bond donors (Lipinski definition) is 0. The maximum atomic E-state index is 9.23. The number of nitrogens with zero attached hydrogens (tertiary/aromatic N) is 1. The summed E-state index contributed by atoms with van der Waals surface area (Å²) >= 11 is 3.42. The summed E-state index contributed by atoms with van der Waals surface area (Å²) in [5.74, 6) is 0.307. The van der Waals surface area contributed by atoms with Crippen LogP contribution in [0.15, 0.2) is 28.7 Å². The summed E-state index contributed by atoms with van der Waals surface area (Å²) in [6.45, 7) is 6.13. The summed E-state index contributed by atoms with van der Waals surface area (Å²) in [5.41, 5.74) is 0.674. The van der Waals surface area contributed by atoms with Crippen molar-refractivity contribution in [1.29, 1.82) is 5.26 Å². The third kappa shape index (κ3) is 1.99. The predicted octanol–water partition coefficient (Wildman–Crippen LogP) is 3.89. The first kappa shape index (κ1) is 11.3. The van der Waals surface area contributed by atoms with E-state index in [0.29, 0.717) is 5.92 Å². The largest absolute Gasteiger partial charge is 0.197 e. The van der Waals surface area contributed by atoms with Gasteiger partial charge in [-0.2, -0.15) is 5.26 Å². The van der Waals surface area contributed by atoms with Crippen LogP contribution in [0.2, 0.25) is 0 Å². The van der Waals surface area contributed by atoms with Gasteiger partial charge < -0.3 is 0 Å². The average Bonchev–Trinajstić information content (AvgIpc) is 2.16. The lowest BCUT2D eigenvalue weighted by atomic mass is 9.75. The van der Waals surface area contributed by atoms with Crippen molar-refractivity contribution in [3.05, 3.63) is 34.3 Å². The lowest BCUT2D eigenvalue weighted by Crippen LogP contribution is -2.26. The van der Waals surface area contributed by atoms with Gasteiger partial charge in [0.25, 0.3) is 0 Å². The molecule has 0 saturated carbocycles. The summed E-state index contributed by atoms with van der Waals surface area (Å²) in [5, 5.41) is 9.23. The van der Waals surface area contributed by atoms with Crippen LogP contribution in [0.3, 0.4) is 0 Å². The Bertz CT molecular complexity index is 365. The highest BCUT2D eigenvalue weighted by molar-refractivity contribution is 9.10. The summed E-state index contributed by atoms with van der Waals surface area (Å²) in [6.07, 6.45) is 0. The maximum Gasteiger partial charge on any atom is 0.0817 e. The monoisotopic (exact) mass is 251 g/mol. The molecule has 0 spiro atoms. The lowest BCUT2D eigenvalue weighted by Gasteiger charge is -2.26. The van der Waals surface area contributed by atoms with Gasteiger partial charge in [-0.1, -0.05) is 41.9 Å². The molecule has 0 saturated heterocycles. The van der Waals surface area contributed by atoms with E-state index in [1.165, 1.54) is 0 Å². The van der Waals surface area contributed by atoms with Crippen LogP contribution in [0.25, 0.3) is 0 Å². The topological polar surface area (TPSA) is 23.8 Å². The molecule has 14 heavy (non-hydrogen) atoms. The lowest BCUT2D eigenvalue weighted by molar-refractivity contribution is 0.431. The molecule has 2 heteroatoms. The van der Waals surface area contributed by atoms with E-state index < -0.39 is 5.41 Å². The highest BCUT2D eigenvalue weighted by Gasteiger charge is 2.30. The maximum absolute atomic E-state index is 9.23. The van der Waals surface area contributed by atoms with E-state index in [1.807, 2.05) is 31.2 Å². The zero-order valence-corrected chi connectivity index (χ0v) is 10.3. The van der Waals surface area contributed by atoms with E-state index in [0.717, 1.165) is 10.0 Å². The zero-order chi connectivity index (χ0) is 10.8. The highest BCUT2D eigenvalue weighted by Crippen LogP contribution is 2.32. The first-order valence-corrected chi connectivity index (χ1v) is 5.47. The molecule has 74 valence electrons. The van der Waals surface area contributed by atoms with Crippen LogP contribution in [0, 0.1) is 17.2 Å². The van der Waals surface area contributed by atoms with Crippen LogP contribution in [0.1, 0.15) is 26.3 Å². The molecule has 0 N–H and O–H groups in total. The molecule has 0 fully saturated rings. The Hall–Kier alpha value is -0.810. The predicted molar refractivity (Wildman–Crippen MR) is 61.9 cm³/mol. The Labute approximate surface area is 93.9 Å². The fourth-order valence-electron chi connectivity index (χ4n) is 1.34. The van der Waals surface area contributed by atoms with E-state index in [4.69, 9.17) is 0 Å². The van der Waals surface area contributed by atoms with Crippen LogP contribution in [0.4, 0.5) is 0 Å². The van der Waals surface area contributed by atoms with Crippen LogP contribution < -0.4 is 0 Å². The molecule has 0 aliphatic carbocycles. The fourth-order valence-corrected chi connectivity index (χ4v) is 1.74. The molecule has 1 aromatic rings. The van der Waals surface area contributed by atoms with Crippen molar-refractivity contribution in [2.24, 2.45) is 5.92 Å². The van der Waals surface area contributed by atoms with Gasteiger partial charge in [-0.15, -0.1) is 0 Å². The van der Waals surface area contributed by atoms with Crippen LogP contribution in [-0.4, -0.2) is 0 Å². The molecular formula is C12H14BrN. The average molecular weight is 252 g/mol. The van der Waals surface area contributed by atoms with Crippen molar-refractivity contribution < 1.29 is 0 Å². The second kappa shape index (κ2) is 4.14. The van der Waals surface area contributed by atoms with E-state index in [9.17, 15) is 5.26 Å². The number of hydrogen-bond acceptors (Lipinski definition) is 1. The third-order valence-electron chi connectivity index (χ3n) is 2.81. The molecule has 0 radical (unpaired) electrons.